The zero-order valence-electron chi connectivity index (χ0n) is 14.0. The van der Waals surface area contributed by atoms with Crippen LogP contribution in [0.4, 0.5) is 0 Å². The van der Waals surface area contributed by atoms with Gasteiger partial charge in [0.2, 0.25) is 5.78 Å². The first kappa shape index (κ1) is 16.0. The van der Waals surface area contributed by atoms with Gasteiger partial charge in [0, 0.05) is 25.5 Å². The lowest BCUT2D eigenvalue weighted by molar-refractivity contribution is -0.137. The lowest BCUT2D eigenvalue weighted by Gasteiger charge is -2.08. The minimum absolute atomic E-state index is 0.207. The van der Waals surface area contributed by atoms with Gasteiger partial charge in [-0.1, -0.05) is 13.8 Å². The molecule has 3 heterocycles. The molecule has 0 aliphatic rings. The molecular formula is C15H19N5O4. The van der Waals surface area contributed by atoms with Crippen molar-refractivity contribution in [3.05, 3.63) is 32.7 Å². The van der Waals surface area contributed by atoms with Gasteiger partial charge in [0.1, 0.15) is 6.54 Å². The normalized spacial score (nSPS) is 11.9. The summed E-state index contributed by atoms with van der Waals surface area (Å²) in [5, 5.41) is 8.96. The third kappa shape index (κ3) is 2.24. The Kier molecular flexibility index (Phi) is 3.58. The van der Waals surface area contributed by atoms with Crippen LogP contribution in [0.1, 0.15) is 19.5 Å². The van der Waals surface area contributed by atoms with Crippen molar-refractivity contribution in [2.45, 2.75) is 33.9 Å². The third-order valence-corrected chi connectivity index (χ3v) is 3.98. The average Bonchev–Trinajstić information content (AvgIpc) is 2.98. The van der Waals surface area contributed by atoms with Gasteiger partial charge in [-0.15, -0.1) is 0 Å². The summed E-state index contributed by atoms with van der Waals surface area (Å²) in [7, 11) is 1.48. The summed E-state index contributed by atoms with van der Waals surface area (Å²) in [5.41, 5.74) is 0.0525. The number of carboxylic acids is 1. The van der Waals surface area contributed by atoms with Crippen LogP contribution in [0.25, 0.3) is 16.9 Å². The third-order valence-electron chi connectivity index (χ3n) is 3.98. The number of aryl methyl sites for hydroxylation is 2. The molecule has 0 bridgehead atoms. The summed E-state index contributed by atoms with van der Waals surface area (Å²) in [6.45, 7) is 6.12. The van der Waals surface area contributed by atoms with Crippen LogP contribution in [-0.4, -0.2) is 34.2 Å². The molecule has 0 radical (unpaired) electrons. The molecular weight excluding hydrogens is 314 g/mol. The van der Waals surface area contributed by atoms with Crippen molar-refractivity contribution in [1.29, 1.82) is 0 Å². The van der Waals surface area contributed by atoms with Crippen LogP contribution in [0.3, 0.4) is 0 Å². The van der Waals surface area contributed by atoms with Gasteiger partial charge in [-0.2, -0.15) is 4.98 Å². The van der Waals surface area contributed by atoms with Gasteiger partial charge in [0.05, 0.1) is 0 Å². The summed E-state index contributed by atoms with van der Waals surface area (Å²) in [4.78, 5) is 40.4. The lowest BCUT2D eigenvalue weighted by atomic mass is 10.2. The first-order valence-corrected chi connectivity index (χ1v) is 7.62. The fraction of sp³-hybridized carbons (Fsp3) is 0.467. The Balaban J connectivity index is 2.44. The van der Waals surface area contributed by atoms with Crippen LogP contribution in [-0.2, 0) is 24.9 Å². The number of carbonyl (C=O) groups is 1. The van der Waals surface area contributed by atoms with Crippen LogP contribution in [0.2, 0.25) is 0 Å². The number of aromatic nitrogens is 5. The van der Waals surface area contributed by atoms with Crippen LogP contribution >= 0.6 is 0 Å². The highest BCUT2D eigenvalue weighted by Crippen LogP contribution is 2.17. The highest BCUT2D eigenvalue weighted by Gasteiger charge is 2.21. The van der Waals surface area contributed by atoms with E-state index in [2.05, 4.69) is 18.8 Å². The SMILES string of the molecule is Cc1cn2c3c(=O)n(CC(=O)O)c(=O)n(C)c3nc2n1CC(C)C. The topological polar surface area (TPSA) is 104 Å². The van der Waals surface area contributed by atoms with Crippen molar-refractivity contribution in [3.8, 4) is 0 Å². The molecule has 0 spiro atoms. The van der Waals surface area contributed by atoms with Gasteiger partial charge in [-0.25, -0.2) is 9.36 Å². The Morgan fingerprint density at radius 1 is 1.29 bits per heavy atom. The van der Waals surface area contributed by atoms with Crippen LogP contribution in [0.5, 0.6) is 0 Å². The van der Waals surface area contributed by atoms with Gasteiger partial charge in [-0.3, -0.25) is 18.6 Å². The quantitative estimate of drug-likeness (QED) is 0.734. The molecule has 9 nitrogen and oxygen atoms in total. The van der Waals surface area contributed by atoms with Crippen molar-refractivity contribution in [3.63, 3.8) is 0 Å². The van der Waals surface area contributed by atoms with Gasteiger partial charge in [0.15, 0.2) is 11.2 Å². The summed E-state index contributed by atoms with van der Waals surface area (Å²) in [5.74, 6) is -0.300. The molecule has 0 atom stereocenters. The molecule has 9 heteroatoms. The van der Waals surface area contributed by atoms with E-state index in [4.69, 9.17) is 5.11 Å². The molecule has 24 heavy (non-hydrogen) atoms. The maximum atomic E-state index is 12.7. The number of nitrogens with zero attached hydrogens (tertiary/aromatic N) is 5. The molecule has 0 fully saturated rings. The number of hydrogen-bond acceptors (Lipinski definition) is 4. The fourth-order valence-electron chi connectivity index (χ4n) is 2.92. The number of aliphatic carboxylic acids is 1. The average molecular weight is 333 g/mol. The zero-order chi connectivity index (χ0) is 17.8. The van der Waals surface area contributed by atoms with Gasteiger partial charge in [-0.05, 0) is 12.8 Å². The van der Waals surface area contributed by atoms with E-state index in [1.165, 1.54) is 11.6 Å². The number of carboxylic acid groups (broad SMARTS) is 1. The van der Waals surface area contributed by atoms with E-state index in [-0.39, 0.29) is 11.2 Å². The largest absolute Gasteiger partial charge is 0.480 e. The molecule has 3 aromatic rings. The maximum Gasteiger partial charge on any atom is 0.333 e. The van der Waals surface area contributed by atoms with Gasteiger partial charge >= 0.3 is 11.7 Å². The number of imidazole rings is 2. The van der Waals surface area contributed by atoms with E-state index >= 15 is 0 Å². The van der Waals surface area contributed by atoms with Crippen molar-refractivity contribution in [2.24, 2.45) is 13.0 Å². The van der Waals surface area contributed by atoms with E-state index in [9.17, 15) is 14.4 Å². The highest BCUT2D eigenvalue weighted by atomic mass is 16.4. The predicted molar refractivity (Wildman–Crippen MR) is 87.4 cm³/mol. The standard InChI is InChI=1S/C15H19N5O4/c1-8(2)5-18-9(3)6-19-11-12(16-14(18)19)17(4)15(24)20(13(11)23)7-10(21)22/h6,8H,5,7H2,1-4H3,(H,21,22). The first-order chi connectivity index (χ1) is 11.2. The monoisotopic (exact) mass is 333 g/mol. The molecule has 0 aliphatic carbocycles. The molecule has 0 saturated carbocycles. The number of hydrogen-bond donors (Lipinski definition) is 1. The Hall–Kier alpha value is -2.84. The van der Waals surface area contributed by atoms with Crippen LogP contribution < -0.4 is 11.2 Å². The summed E-state index contributed by atoms with van der Waals surface area (Å²) in [6, 6.07) is 0. The highest BCUT2D eigenvalue weighted by molar-refractivity contribution is 5.76. The van der Waals surface area contributed by atoms with E-state index in [0.29, 0.717) is 16.3 Å². The molecule has 0 aliphatic heterocycles. The predicted octanol–water partition coefficient (Wildman–Crippen LogP) is 0.198. The molecule has 128 valence electrons. The van der Waals surface area contributed by atoms with Crippen molar-refractivity contribution in [1.82, 2.24) is 23.1 Å². The second-order valence-corrected chi connectivity index (χ2v) is 6.36. The minimum atomic E-state index is -1.25. The Morgan fingerprint density at radius 3 is 2.54 bits per heavy atom. The lowest BCUT2D eigenvalue weighted by Crippen LogP contribution is -2.41. The zero-order valence-corrected chi connectivity index (χ0v) is 14.0. The molecule has 0 unspecified atom stereocenters. The molecule has 1 N–H and O–H groups in total. The number of rotatable bonds is 4. The van der Waals surface area contributed by atoms with Crippen molar-refractivity contribution < 1.29 is 9.90 Å². The van der Waals surface area contributed by atoms with E-state index in [1.54, 1.807) is 10.6 Å². The minimum Gasteiger partial charge on any atom is -0.480 e. The first-order valence-electron chi connectivity index (χ1n) is 7.62. The molecule has 0 saturated heterocycles. The molecule has 0 aromatic carbocycles. The second kappa shape index (κ2) is 5.36. The van der Waals surface area contributed by atoms with Gasteiger partial charge < -0.3 is 9.67 Å². The van der Waals surface area contributed by atoms with Crippen LogP contribution in [0.15, 0.2) is 15.8 Å². The Labute approximate surface area is 136 Å². The molecule has 3 rings (SSSR count). The fourth-order valence-corrected chi connectivity index (χ4v) is 2.92. The smallest absolute Gasteiger partial charge is 0.333 e. The molecule has 0 amide bonds. The maximum absolute atomic E-state index is 12.7. The van der Waals surface area contributed by atoms with E-state index < -0.39 is 23.8 Å². The summed E-state index contributed by atoms with van der Waals surface area (Å²) in [6.07, 6.45) is 1.78. The molecule has 3 aromatic heterocycles. The summed E-state index contributed by atoms with van der Waals surface area (Å²) >= 11 is 0. The van der Waals surface area contributed by atoms with Crippen molar-refractivity contribution in [2.75, 3.05) is 0 Å². The van der Waals surface area contributed by atoms with Crippen LogP contribution in [0, 0.1) is 12.8 Å². The van der Waals surface area contributed by atoms with Gasteiger partial charge in [0.25, 0.3) is 5.56 Å². The Morgan fingerprint density at radius 2 is 1.96 bits per heavy atom. The van der Waals surface area contributed by atoms with E-state index in [1.807, 2.05) is 11.5 Å². The van der Waals surface area contributed by atoms with E-state index in [0.717, 1.165) is 12.2 Å². The summed E-state index contributed by atoms with van der Waals surface area (Å²) < 4.78 is 5.54. The number of fused-ring (bicyclic) bond motifs is 3. The van der Waals surface area contributed by atoms with Crippen molar-refractivity contribution >= 4 is 22.9 Å². The second-order valence-electron chi connectivity index (χ2n) is 6.36. The Bertz CT molecular complexity index is 1080.